The molecular formula is C14H14ClNO2S. The third-order valence-electron chi connectivity index (χ3n) is 2.80. The summed E-state index contributed by atoms with van der Waals surface area (Å²) in [4.78, 5) is 5.20. The maximum absolute atomic E-state index is 9.86. The van der Waals surface area contributed by atoms with Crippen molar-refractivity contribution in [1.29, 1.82) is 0 Å². The molecule has 19 heavy (non-hydrogen) atoms. The lowest BCUT2D eigenvalue weighted by atomic mass is 10.1. The number of aryl methyl sites for hydroxylation is 1. The molecule has 1 aromatic heterocycles. The summed E-state index contributed by atoms with van der Waals surface area (Å²) in [5.74, 6) is 0.718. The number of benzene rings is 1. The number of aliphatic hydroxyl groups excluding tert-OH is 1. The van der Waals surface area contributed by atoms with E-state index in [1.807, 2.05) is 24.3 Å². The van der Waals surface area contributed by atoms with Gasteiger partial charge in [-0.1, -0.05) is 11.6 Å². The highest BCUT2D eigenvalue weighted by Gasteiger charge is 2.11. The van der Waals surface area contributed by atoms with E-state index in [0.717, 1.165) is 10.5 Å². The molecule has 0 unspecified atom stereocenters. The van der Waals surface area contributed by atoms with Crippen molar-refractivity contribution in [3.05, 3.63) is 52.3 Å². The van der Waals surface area contributed by atoms with Crippen molar-refractivity contribution < 1.29 is 10.2 Å². The van der Waals surface area contributed by atoms with Gasteiger partial charge in [-0.15, -0.1) is 11.8 Å². The van der Waals surface area contributed by atoms with Crippen molar-refractivity contribution in [2.24, 2.45) is 0 Å². The lowest BCUT2D eigenvalue weighted by Crippen LogP contribution is -1.97. The number of thioether (sulfide) groups is 1. The van der Waals surface area contributed by atoms with Crippen molar-refractivity contribution in [1.82, 2.24) is 4.98 Å². The van der Waals surface area contributed by atoms with E-state index in [1.54, 1.807) is 24.9 Å². The highest BCUT2D eigenvalue weighted by Crippen LogP contribution is 2.29. The van der Waals surface area contributed by atoms with Gasteiger partial charge >= 0.3 is 0 Å². The molecule has 0 aliphatic heterocycles. The Morgan fingerprint density at radius 2 is 1.95 bits per heavy atom. The van der Waals surface area contributed by atoms with Crippen LogP contribution in [0, 0.1) is 6.92 Å². The molecule has 0 aliphatic rings. The van der Waals surface area contributed by atoms with Gasteiger partial charge in [-0.2, -0.15) is 0 Å². The van der Waals surface area contributed by atoms with Crippen LogP contribution in [0.5, 0.6) is 5.75 Å². The summed E-state index contributed by atoms with van der Waals surface area (Å²) in [6.07, 6.45) is 1.70. The average Bonchev–Trinajstić information content (AvgIpc) is 2.42. The lowest BCUT2D eigenvalue weighted by Gasteiger charge is -2.10. The maximum Gasteiger partial charge on any atom is 0.142 e. The molecule has 5 heteroatoms. The van der Waals surface area contributed by atoms with Crippen LogP contribution in [0.4, 0.5) is 0 Å². The summed E-state index contributed by atoms with van der Waals surface area (Å²) in [6, 6.07) is 7.55. The molecule has 0 spiro atoms. The van der Waals surface area contributed by atoms with Gasteiger partial charge in [0.2, 0.25) is 0 Å². The number of aromatic hydroxyl groups is 1. The van der Waals surface area contributed by atoms with Crippen LogP contribution in [0.15, 0.2) is 35.4 Å². The fourth-order valence-corrected chi connectivity index (χ4v) is 2.70. The number of nitrogens with zero attached hydrogens (tertiary/aromatic N) is 1. The first-order valence-corrected chi connectivity index (χ1v) is 7.13. The molecule has 1 heterocycles. The molecule has 0 amide bonds. The molecule has 0 aliphatic carbocycles. The molecule has 2 aromatic rings. The van der Waals surface area contributed by atoms with Gasteiger partial charge in [0.15, 0.2) is 0 Å². The number of rotatable bonds is 4. The van der Waals surface area contributed by atoms with Crippen molar-refractivity contribution >= 4 is 23.4 Å². The fraction of sp³-hybridized carbons (Fsp3) is 0.214. The van der Waals surface area contributed by atoms with Gasteiger partial charge in [-0.05, 0) is 36.8 Å². The lowest BCUT2D eigenvalue weighted by molar-refractivity contribution is 0.274. The predicted molar refractivity (Wildman–Crippen MR) is 77.6 cm³/mol. The minimum Gasteiger partial charge on any atom is -0.506 e. The molecule has 0 saturated heterocycles. The quantitative estimate of drug-likeness (QED) is 0.847. The minimum absolute atomic E-state index is 0.0803. The third kappa shape index (κ3) is 3.41. The standard InChI is InChI=1S/C14H14ClNO2S/c1-9-14(18)13(7-17)10(6-16-9)8-19-12-4-2-11(15)3-5-12/h2-6,17-18H,7-8H2,1H3. The topological polar surface area (TPSA) is 53.4 Å². The van der Waals surface area contributed by atoms with Crippen LogP contribution < -0.4 is 0 Å². The molecule has 1 aromatic carbocycles. The zero-order chi connectivity index (χ0) is 13.8. The van der Waals surface area contributed by atoms with Crippen molar-refractivity contribution in [2.75, 3.05) is 0 Å². The van der Waals surface area contributed by atoms with E-state index in [-0.39, 0.29) is 12.4 Å². The average molecular weight is 296 g/mol. The van der Waals surface area contributed by atoms with Gasteiger partial charge in [0.05, 0.1) is 12.3 Å². The smallest absolute Gasteiger partial charge is 0.142 e. The molecule has 3 nitrogen and oxygen atoms in total. The molecule has 2 N–H and O–H groups in total. The maximum atomic E-state index is 9.86. The normalized spacial score (nSPS) is 10.7. The summed E-state index contributed by atoms with van der Waals surface area (Å²) in [5.41, 5.74) is 1.92. The fourth-order valence-electron chi connectivity index (χ4n) is 1.68. The van der Waals surface area contributed by atoms with Crippen LogP contribution in [-0.2, 0) is 12.4 Å². The van der Waals surface area contributed by atoms with Crippen LogP contribution in [0.3, 0.4) is 0 Å². The summed E-state index contributed by atoms with van der Waals surface area (Å²) < 4.78 is 0. The Morgan fingerprint density at radius 1 is 1.26 bits per heavy atom. The minimum atomic E-state index is -0.189. The molecule has 0 atom stereocenters. The number of hydrogen-bond donors (Lipinski definition) is 2. The van der Waals surface area contributed by atoms with Crippen molar-refractivity contribution in [2.45, 2.75) is 24.2 Å². The number of aromatic nitrogens is 1. The van der Waals surface area contributed by atoms with Crippen molar-refractivity contribution in [3.8, 4) is 5.75 Å². The molecule has 0 radical (unpaired) electrons. The number of halogens is 1. The summed E-state index contributed by atoms with van der Waals surface area (Å²) >= 11 is 7.43. The van der Waals surface area contributed by atoms with E-state index in [2.05, 4.69) is 4.98 Å². The second-order valence-electron chi connectivity index (χ2n) is 4.10. The highest BCUT2D eigenvalue weighted by molar-refractivity contribution is 7.98. The number of aliphatic hydroxyl groups is 1. The number of pyridine rings is 1. The second kappa shape index (κ2) is 6.28. The second-order valence-corrected chi connectivity index (χ2v) is 5.58. The predicted octanol–water partition coefficient (Wildman–Crippen LogP) is 3.53. The Morgan fingerprint density at radius 3 is 2.58 bits per heavy atom. The SMILES string of the molecule is Cc1ncc(CSc2ccc(Cl)cc2)c(CO)c1O. The Hall–Kier alpha value is -1.23. The molecular weight excluding hydrogens is 282 g/mol. The number of hydrogen-bond acceptors (Lipinski definition) is 4. The molecule has 0 fully saturated rings. The van der Waals surface area contributed by atoms with Crippen LogP contribution >= 0.6 is 23.4 Å². The van der Waals surface area contributed by atoms with Crippen LogP contribution in [0.25, 0.3) is 0 Å². The van der Waals surface area contributed by atoms with Gasteiger partial charge in [-0.25, -0.2) is 0 Å². The van der Waals surface area contributed by atoms with Gasteiger partial charge in [-0.3, -0.25) is 4.98 Å². The van der Waals surface area contributed by atoms with Gasteiger partial charge in [0.1, 0.15) is 5.75 Å². The Kier molecular flexibility index (Phi) is 4.69. The first-order chi connectivity index (χ1) is 9.11. The first-order valence-electron chi connectivity index (χ1n) is 5.77. The molecule has 0 bridgehead atoms. The first kappa shape index (κ1) is 14.2. The summed E-state index contributed by atoms with van der Waals surface area (Å²) in [6.45, 7) is 1.52. The van der Waals surface area contributed by atoms with Crippen LogP contribution in [0.2, 0.25) is 5.02 Å². The highest BCUT2D eigenvalue weighted by atomic mass is 35.5. The Labute approximate surface area is 121 Å². The van der Waals surface area contributed by atoms with Gasteiger partial charge in [0.25, 0.3) is 0 Å². The Balaban J connectivity index is 2.15. The zero-order valence-corrected chi connectivity index (χ0v) is 12.0. The van der Waals surface area contributed by atoms with Crippen LogP contribution in [-0.4, -0.2) is 15.2 Å². The molecule has 2 rings (SSSR count). The van der Waals surface area contributed by atoms with Crippen molar-refractivity contribution in [3.63, 3.8) is 0 Å². The largest absolute Gasteiger partial charge is 0.506 e. The van der Waals surface area contributed by atoms with E-state index in [1.165, 1.54) is 0 Å². The van der Waals surface area contributed by atoms with Crippen LogP contribution in [0.1, 0.15) is 16.8 Å². The third-order valence-corrected chi connectivity index (χ3v) is 4.11. The molecule has 0 saturated carbocycles. The van der Waals surface area contributed by atoms with Gasteiger partial charge in [0, 0.05) is 27.4 Å². The van der Waals surface area contributed by atoms with E-state index in [9.17, 15) is 10.2 Å². The van der Waals surface area contributed by atoms with Gasteiger partial charge < -0.3 is 10.2 Å². The monoisotopic (exact) mass is 295 g/mol. The Bertz CT molecular complexity index is 572. The summed E-state index contributed by atoms with van der Waals surface area (Å²) in [5, 5.41) is 19.9. The van der Waals surface area contributed by atoms with E-state index < -0.39 is 0 Å². The zero-order valence-electron chi connectivity index (χ0n) is 10.4. The van der Waals surface area contributed by atoms with E-state index in [4.69, 9.17) is 11.6 Å². The molecule has 100 valence electrons. The summed E-state index contributed by atoms with van der Waals surface area (Å²) in [7, 11) is 0. The van der Waals surface area contributed by atoms with E-state index in [0.29, 0.717) is 22.0 Å². The van der Waals surface area contributed by atoms with E-state index >= 15 is 0 Å².